The minimum absolute atomic E-state index is 0.0132. The first-order valence-electron chi connectivity index (χ1n) is 9.39. The van der Waals surface area contributed by atoms with E-state index in [-0.39, 0.29) is 16.9 Å². The maximum absolute atomic E-state index is 12.7. The molecule has 8 heteroatoms. The highest BCUT2D eigenvalue weighted by atomic mass is 32.2. The van der Waals surface area contributed by atoms with Crippen LogP contribution in [0.4, 0.5) is 16.2 Å². The van der Waals surface area contributed by atoms with E-state index >= 15 is 0 Å². The molecule has 3 rings (SSSR count). The van der Waals surface area contributed by atoms with E-state index in [0.717, 1.165) is 35.5 Å². The number of amides is 2. The molecule has 1 aliphatic rings. The van der Waals surface area contributed by atoms with Crippen LogP contribution in [0.2, 0.25) is 0 Å². The predicted octanol–water partition coefficient (Wildman–Crippen LogP) is 5.02. The van der Waals surface area contributed by atoms with Crippen molar-refractivity contribution in [2.24, 2.45) is 5.92 Å². The van der Waals surface area contributed by atoms with Gasteiger partial charge in [-0.05, 0) is 55.4 Å². The summed E-state index contributed by atoms with van der Waals surface area (Å²) in [7, 11) is 1.26. The molecular formula is C21H23N3O3S2. The van der Waals surface area contributed by atoms with Crippen LogP contribution < -0.4 is 16.0 Å². The first-order chi connectivity index (χ1) is 14.0. The van der Waals surface area contributed by atoms with Crippen molar-refractivity contribution in [1.29, 1.82) is 0 Å². The molecule has 1 aliphatic carbocycles. The molecule has 152 valence electrons. The number of alkyl carbamates (subject to hydrolysis) is 1. The van der Waals surface area contributed by atoms with Crippen molar-refractivity contribution in [2.45, 2.75) is 35.5 Å². The molecule has 6 nitrogen and oxygen atoms in total. The van der Waals surface area contributed by atoms with Crippen LogP contribution in [0.15, 0.2) is 58.3 Å². The molecule has 29 heavy (non-hydrogen) atoms. The zero-order valence-electron chi connectivity index (χ0n) is 16.1. The molecule has 1 fully saturated rings. The van der Waals surface area contributed by atoms with Gasteiger partial charge in [-0.15, -0.1) is 0 Å². The Morgan fingerprint density at radius 2 is 1.72 bits per heavy atom. The standard InChI is InChI=1S/C21H23N3O3S2/c1-27-21(26)24-20(28)23-17-12-11-16(29-15-9-3-2-4-10-15)13-18(17)22-19(25)14-7-5-6-8-14/h2-4,9-14H,5-8H2,1H3,(H,22,25)(H2,23,24,26,28). The van der Waals surface area contributed by atoms with Crippen LogP contribution in [0, 0.1) is 5.92 Å². The highest BCUT2D eigenvalue weighted by Gasteiger charge is 2.23. The van der Waals surface area contributed by atoms with Gasteiger partial charge in [-0.25, -0.2) is 4.79 Å². The van der Waals surface area contributed by atoms with Crippen molar-refractivity contribution < 1.29 is 14.3 Å². The minimum Gasteiger partial charge on any atom is -0.453 e. The lowest BCUT2D eigenvalue weighted by molar-refractivity contribution is -0.119. The number of methoxy groups -OCH3 is 1. The van der Waals surface area contributed by atoms with Gasteiger partial charge in [0.25, 0.3) is 0 Å². The number of thiocarbonyl (C=S) groups is 1. The van der Waals surface area contributed by atoms with Gasteiger partial charge in [0.2, 0.25) is 5.91 Å². The minimum atomic E-state index is -0.657. The largest absolute Gasteiger partial charge is 0.453 e. The number of hydrogen-bond donors (Lipinski definition) is 3. The van der Waals surface area contributed by atoms with Gasteiger partial charge >= 0.3 is 6.09 Å². The van der Waals surface area contributed by atoms with E-state index in [9.17, 15) is 9.59 Å². The summed E-state index contributed by atoms with van der Waals surface area (Å²) in [6.07, 6.45) is 3.33. The van der Waals surface area contributed by atoms with Gasteiger partial charge in [0.05, 0.1) is 18.5 Å². The van der Waals surface area contributed by atoms with Crippen molar-refractivity contribution in [3.8, 4) is 0 Å². The zero-order chi connectivity index (χ0) is 20.6. The number of ether oxygens (including phenoxy) is 1. The van der Waals surface area contributed by atoms with E-state index in [2.05, 4.69) is 20.7 Å². The average molecular weight is 430 g/mol. The lowest BCUT2D eigenvalue weighted by Gasteiger charge is -2.17. The van der Waals surface area contributed by atoms with E-state index in [4.69, 9.17) is 12.2 Å². The summed E-state index contributed by atoms with van der Waals surface area (Å²) in [6, 6.07) is 15.7. The fourth-order valence-electron chi connectivity index (χ4n) is 3.14. The second-order valence-electron chi connectivity index (χ2n) is 6.66. The maximum Gasteiger partial charge on any atom is 0.413 e. The van der Waals surface area contributed by atoms with Crippen molar-refractivity contribution >= 4 is 52.5 Å². The van der Waals surface area contributed by atoms with Gasteiger partial charge in [-0.3, -0.25) is 10.1 Å². The van der Waals surface area contributed by atoms with E-state index in [1.165, 1.54) is 7.11 Å². The first-order valence-corrected chi connectivity index (χ1v) is 10.6. The van der Waals surface area contributed by atoms with Crippen molar-refractivity contribution in [1.82, 2.24) is 5.32 Å². The van der Waals surface area contributed by atoms with Gasteiger partial charge in [0.1, 0.15) is 0 Å². The van der Waals surface area contributed by atoms with Crippen LogP contribution in [0.5, 0.6) is 0 Å². The van der Waals surface area contributed by atoms with Crippen molar-refractivity contribution in [2.75, 3.05) is 17.7 Å². The second-order valence-corrected chi connectivity index (χ2v) is 8.22. The van der Waals surface area contributed by atoms with E-state index in [1.54, 1.807) is 11.8 Å². The number of nitrogens with one attached hydrogen (secondary N) is 3. The molecule has 0 saturated heterocycles. The summed E-state index contributed by atoms with van der Waals surface area (Å²) in [5, 5.41) is 8.49. The fourth-order valence-corrected chi connectivity index (χ4v) is 4.22. The Bertz CT molecular complexity index is 884. The number of carbonyl (C=O) groups excluding carboxylic acids is 2. The Kier molecular flexibility index (Phi) is 7.48. The molecule has 2 aromatic rings. The molecule has 0 aliphatic heterocycles. The van der Waals surface area contributed by atoms with E-state index in [0.29, 0.717) is 11.4 Å². The van der Waals surface area contributed by atoms with Crippen LogP contribution in [0.3, 0.4) is 0 Å². The summed E-state index contributed by atoms with van der Waals surface area (Å²) < 4.78 is 4.56. The van der Waals surface area contributed by atoms with Crippen LogP contribution >= 0.6 is 24.0 Å². The maximum atomic E-state index is 12.7. The van der Waals surface area contributed by atoms with Crippen molar-refractivity contribution in [3.05, 3.63) is 48.5 Å². The van der Waals surface area contributed by atoms with Crippen LogP contribution in [-0.2, 0) is 9.53 Å². The molecule has 0 bridgehead atoms. The van der Waals surface area contributed by atoms with Gasteiger partial charge in [0, 0.05) is 15.7 Å². The molecule has 1 saturated carbocycles. The van der Waals surface area contributed by atoms with Crippen molar-refractivity contribution in [3.63, 3.8) is 0 Å². The summed E-state index contributed by atoms with van der Waals surface area (Å²) in [6.45, 7) is 0. The first kappa shape index (κ1) is 21.1. The molecule has 0 radical (unpaired) electrons. The monoisotopic (exact) mass is 429 g/mol. The second kappa shape index (κ2) is 10.3. The summed E-state index contributed by atoms with van der Waals surface area (Å²) in [5.74, 6) is 0.0488. The summed E-state index contributed by atoms with van der Waals surface area (Å²) in [4.78, 5) is 26.1. The number of hydrogen-bond acceptors (Lipinski definition) is 5. The predicted molar refractivity (Wildman–Crippen MR) is 119 cm³/mol. The Morgan fingerprint density at radius 3 is 2.41 bits per heavy atom. The molecule has 0 unspecified atom stereocenters. The molecule has 0 spiro atoms. The SMILES string of the molecule is COC(=O)NC(=S)Nc1ccc(Sc2ccccc2)cc1NC(=O)C1CCCC1. The van der Waals surface area contributed by atoms with Gasteiger partial charge < -0.3 is 15.4 Å². The molecule has 0 atom stereocenters. The van der Waals surface area contributed by atoms with Crippen LogP contribution in [-0.4, -0.2) is 24.2 Å². The highest BCUT2D eigenvalue weighted by Crippen LogP contribution is 2.34. The molecule has 2 amide bonds. The Hall–Kier alpha value is -2.58. The number of benzene rings is 2. The molecule has 3 N–H and O–H groups in total. The lowest BCUT2D eigenvalue weighted by Crippen LogP contribution is -2.34. The Balaban J connectivity index is 1.80. The Morgan fingerprint density at radius 1 is 1.00 bits per heavy atom. The molecule has 0 aromatic heterocycles. The number of carbonyl (C=O) groups is 2. The average Bonchev–Trinajstić information content (AvgIpc) is 3.25. The molecule has 2 aromatic carbocycles. The summed E-state index contributed by atoms with van der Waals surface area (Å²) in [5.41, 5.74) is 1.23. The number of rotatable bonds is 5. The van der Waals surface area contributed by atoms with Crippen LogP contribution in [0.1, 0.15) is 25.7 Å². The van der Waals surface area contributed by atoms with Crippen LogP contribution in [0.25, 0.3) is 0 Å². The normalized spacial score (nSPS) is 13.6. The summed E-state index contributed by atoms with van der Waals surface area (Å²) >= 11 is 6.76. The number of anilines is 2. The molecular weight excluding hydrogens is 406 g/mol. The van der Waals surface area contributed by atoms with E-state index < -0.39 is 6.09 Å². The lowest BCUT2D eigenvalue weighted by atomic mass is 10.1. The van der Waals surface area contributed by atoms with E-state index in [1.807, 2.05) is 48.5 Å². The molecule has 0 heterocycles. The smallest absolute Gasteiger partial charge is 0.413 e. The Labute approximate surface area is 179 Å². The third-order valence-electron chi connectivity index (χ3n) is 4.60. The third kappa shape index (κ3) is 6.20. The van der Waals surface area contributed by atoms with Gasteiger partial charge in [-0.1, -0.05) is 42.8 Å². The van der Waals surface area contributed by atoms with Gasteiger partial charge in [0.15, 0.2) is 5.11 Å². The zero-order valence-corrected chi connectivity index (χ0v) is 17.7. The third-order valence-corrected chi connectivity index (χ3v) is 5.80. The fraction of sp³-hybridized carbons (Fsp3) is 0.286. The topological polar surface area (TPSA) is 79.5 Å². The van der Waals surface area contributed by atoms with Gasteiger partial charge in [-0.2, -0.15) is 0 Å². The highest BCUT2D eigenvalue weighted by molar-refractivity contribution is 7.99. The quantitative estimate of drug-likeness (QED) is 0.579.